The summed E-state index contributed by atoms with van der Waals surface area (Å²) >= 11 is 0. The highest BCUT2D eigenvalue weighted by Gasteiger charge is 2.40. The number of methoxy groups -OCH3 is 1. The molecule has 20 heavy (non-hydrogen) atoms. The van der Waals surface area contributed by atoms with Crippen LogP contribution in [0.3, 0.4) is 0 Å². The van der Waals surface area contributed by atoms with Crippen molar-refractivity contribution in [2.45, 2.75) is 37.2 Å². The molecule has 4 heteroatoms. The van der Waals surface area contributed by atoms with Crippen molar-refractivity contribution in [2.75, 3.05) is 20.4 Å². The first kappa shape index (κ1) is 12.2. The van der Waals surface area contributed by atoms with E-state index in [1.54, 1.807) is 0 Å². The molecule has 0 aromatic heterocycles. The lowest BCUT2D eigenvalue weighted by molar-refractivity contribution is 0.0496. The molecule has 1 aromatic carbocycles. The highest BCUT2D eigenvalue weighted by Crippen LogP contribution is 2.46. The van der Waals surface area contributed by atoms with E-state index in [4.69, 9.17) is 14.2 Å². The molecule has 4 rings (SSSR count). The molecule has 2 heterocycles. The predicted octanol–water partition coefficient (Wildman–Crippen LogP) is 2.67. The minimum Gasteiger partial charge on any atom is -0.454 e. The number of benzene rings is 1. The van der Waals surface area contributed by atoms with Crippen molar-refractivity contribution in [3.63, 3.8) is 0 Å². The molecule has 0 unspecified atom stereocenters. The van der Waals surface area contributed by atoms with Crippen molar-refractivity contribution in [1.29, 1.82) is 0 Å². The van der Waals surface area contributed by atoms with Gasteiger partial charge in [0.15, 0.2) is 11.5 Å². The van der Waals surface area contributed by atoms with Crippen molar-refractivity contribution in [3.05, 3.63) is 23.3 Å². The number of nitrogens with zero attached hydrogens (tertiary/aromatic N) is 1. The molecule has 0 bridgehead atoms. The molecule has 0 radical (unpaired) electrons. The average molecular weight is 273 g/mol. The number of hydrogen-bond donors (Lipinski definition) is 0. The van der Waals surface area contributed by atoms with Crippen LogP contribution >= 0.6 is 0 Å². The van der Waals surface area contributed by atoms with Gasteiger partial charge in [-0.05, 0) is 43.4 Å². The van der Waals surface area contributed by atoms with Gasteiger partial charge in [-0.2, -0.15) is 0 Å². The van der Waals surface area contributed by atoms with Crippen molar-refractivity contribution in [1.82, 2.24) is 0 Å². The van der Waals surface area contributed by atoms with Crippen molar-refractivity contribution >= 4 is 6.21 Å². The molecule has 0 atom stereocenters. The third-order valence-electron chi connectivity index (χ3n) is 4.96. The quantitative estimate of drug-likeness (QED) is 0.789. The summed E-state index contributed by atoms with van der Waals surface area (Å²) in [6, 6.07) is 4.25. The second-order valence-electron chi connectivity index (χ2n) is 5.98. The van der Waals surface area contributed by atoms with Crippen LogP contribution in [0.2, 0.25) is 0 Å². The Bertz CT molecular complexity index is 559. The number of aliphatic imine (C=N–C) groups is 1. The molecule has 1 fully saturated rings. The minimum absolute atomic E-state index is 0.167. The Balaban J connectivity index is 1.73. The molecule has 0 amide bonds. The summed E-state index contributed by atoms with van der Waals surface area (Å²) in [6.45, 7) is 1.21. The van der Waals surface area contributed by atoms with Crippen LogP contribution in [0.1, 0.15) is 36.8 Å². The number of fused-ring (bicyclic) bond motifs is 3. The van der Waals surface area contributed by atoms with Crippen LogP contribution in [0.5, 0.6) is 11.5 Å². The second kappa shape index (κ2) is 4.48. The van der Waals surface area contributed by atoms with Gasteiger partial charge >= 0.3 is 0 Å². The Morgan fingerprint density at radius 1 is 1.20 bits per heavy atom. The summed E-state index contributed by atoms with van der Waals surface area (Å²) in [6.07, 6.45) is 6.87. The van der Waals surface area contributed by atoms with E-state index in [0.717, 1.165) is 43.7 Å². The second-order valence-corrected chi connectivity index (χ2v) is 5.98. The normalized spacial score (nSPS) is 30.6. The van der Waals surface area contributed by atoms with Crippen LogP contribution < -0.4 is 9.47 Å². The molecule has 0 saturated heterocycles. The predicted molar refractivity (Wildman–Crippen MR) is 76.0 cm³/mol. The van der Waals surface area contributed by atoms with Gasteiger partial charge in [-0.25, -0.2) is 0 Å². The Morgan fingerprint density at radius 2 is 1.95 bits per heavy atom. The van der Waals surface area contributed by atoms with Crippen LogP contribution in [-0.4, -0.2) is 32.8 Å². The van der Waals surface area contributed by atoms with Gasteiger partial charge in [-0.3, -0.25) is 4.99 Å². The third kappa shape index (κ3) is 1.74. The Morgan fingerprint density at radius 3 is 2.70 bits per heavy atom. The SMILES string of the molecule is COC1CCC2(CC1)CN=Cc1cc3c(cc12)OCO3. The fourth-order valence-corrected chi connectivity index (χ4v) is 3.73. The Kier molecular flexibility index (Phi) is 2.74. The lowest BCUT2D eigenvalue weighted by Crippen LogP contribution is -2.39. The molecule has 4 nitrogen and oxygen atoms in total. The zero-order chi connectivity index (χ0) is 13.6. The van der Waals surface area contributed by atoms with E-state index in [1.165, 1.54) is 11.1 Å². The van der Waals surface area contributed by atoms with Crippen molar-refractivity contribution in [2.24, 2.45) is 4.99 Å². The minimum atomic E-state index is 0.167. The van der Waals surface area contributed by atoms with Crippen molar-refractivity contribution < 1.29 is 14.2 Å². The van der Waals surface area contributed by atoms with Gasteiger partial charge in [0.05, 0.1) is 6.10 Å². The van der Waals surface area contributed by atoms with Crippen LogP contribution in [0, 0.1) is 0 Å². The number of hydrogen-bond acceptors (Lipinski definition) is 4. The van der Waals surface area contributed by atoms with E-state index in [0.29, 0.717) is 12.9 Å². The lowest BCUT2D eigenvalue weighted by atomic mass is 9.66. The molecule has 1 spiro atoms. The van der Waals surface area contributed by atoms with Crippen molar-refractivity contribution in [3.8, 4) is 11.5 Å². The van der Waals surface area contributed by atoms with Gasteiger partial charge < -0.3 is 14.2 Å². The summed E-state index contributed by atoms with van der Waals surface area (Å²) in [5.74, 6) is 1.73. The fraction of sp³-hybridized carbons (Fsp3) is 0.562. The Hall–Kier alpha value is -1.55. The first-order chi connectivity index (χ1) is 9.81. The standard InChI is InChI=1S/C16H19NO3/c1-18-12-2-4-16(5-3-12)9-17-8-11-6-14-15(7-13(11)16)20-10-19-14/h6-8,12H,2-5,9-10H2,1H3. The number of ether oxygens (including phenoxy) is 3. The molecule has 1 aliphatic carbocycles. The highest BCUT2D eigenvalue weighted by molar-refractivity contribution is 5.85. The van der Waals surface area contributed by atoms with E-state index in [9.17, 15) is 0 Å². The zero-order valence-corrected chi connectivity index (χ0v) is 11.7. The maximum atomic E-state index is 5.55. The Labute approximate surface area is 118 Å². The van der Waals surface area contributed by atoms with E-state index < -0.39 is 0 Å². The van der Waals surface area contributed by atoms with Gasteiger partial charge in [-0.1, -0.05) is 0 Å². The van der Waals surface area contributed by atoms with Gasteiger partial charge in [-0.15, -0.1) is 0 Å². The molecule has 2 aliphatic heterocycles. The monoisotopic (exact) mass is 273 g/mol. The molecular formula is C16H19NO3. The summed E-state index contributed by atoms with van der Waals surface area (Å²) < 4.78 is 16.5. The largest absolute Gasteiger partial charge is 0.454 e. The summed E-state index contributed by atoms with van der Waals surface area (Å²) in [7, 11) is 1.81. The molecule has 1 aromatic rings. The summed E-state index contributed by atoms with van der Waals surface area (Å²) in [4.78, 5) is 4.61. The van der Waals surface area contributed by atoms with Gasteiger partial charge in [0.2, 0.25) is 6.79 Å². The molecule has 0 N–H and O–H groups in total. The third-order valence-corrected chi connectivity index (χ3v) is 4.96. The van der Waals surface area contributed by atoms with Gasteiger partial charge in [0, 0.05) is 30.8 Å². The van der Waals surface area contributed by atoms with Gasteiger partial charge in [0.25, 0.3) is 0 Å². The zero-order valence-electron chi connectivity index (χ0n) is 11.7. The molecule has 1 saturated carbocycles. The smallest absolute Gasteiger partial charge is 0.231 e. The molecule has 106 valence electrons. The van der Waals surface area contributed by atoms with Crippen LogP contribution in [0.4, 0.5) is 0 Å². The maximum Gasteiger partial charge on any atom is 0.231 e. The van der Waals surface area contributed by atoms with E-state index in [-0.39, 0.29) is 5.41 Å². The number of rotatable bonds is 1. The van der Waals surface area contributed by atoms with Gasteiger partial charge in [0.1, 0.15) is 0 Å². The summed E-state index contributed by atoms with van der Waals surface area (Å²) in [5.41, 5.74) is 2.74. The van der Waals surface area contributed by atoms with E-state index >= 15 is 0 Å². The first-order valence-corrected chi connectivity index (χ1v) is 7.27. The van der Waals surface area contributed by atoms with Crippen LogP contribution in [0.25, 0.3) is 0 Å². The first-order valence-electron chi connectivity index (χ1n) is 7.27. The molecular weight excluding hydrogens is 254 g/mol. The lowest BCUT2D eigenvalue weighted by Gasteiger charge is -2.41. The topological polar surface area (TPSA) is 40.0 Å². The van der Waals surface area contributed by atoms with E-state index in [1.807, 2.05) is 13.3 Å². The van der Waals surface area contributed by atoms with Crippen LogP contribution in [-0.2, 0) is 10.2 Å². The maximum absolute atomic E-state index is 5.55. The average Bonchev–Trinajstić information content (AvgIpc) is 2.94. The molecule has 3 aliphatic rings. The van der Waals surface area contributed by atoms with E-state index in [2.05, 4.69) is 17.1 Å². The van der Waals surface area contributed by atoms with Crippen LogP contribution in [0.15, 0.2) is 17.1 Å². The highest BCUT2D eigenvalue weighted by atomic mass is 16.7. The fourth-order valence-electron chi connectivity index (χ4n) is 3.73. The summed E-state index contributed by atoms with van der Waals surface area (Å²) in [5, 5.41) is 0.